The van der Waals surface area contributed by atoms with Crippen LogP contribution in [-0.4, -0.2) is 19.1 Å². The molecule has 1 aromatic rings. The number of rotatable bonds is 3. The van der Waals surface area contributed by atoms with E-state index in [-0.39, 0.29) is 11.9 Å². The Morgan fingerprint density at radius 2 is 2.12 bits per heavy atom. The molecule has 4 nitrogen and oxygen atoms in total. The van der Waals surface area contributed by atoms with Crippen LogP contribution in [0.25, 0.3) is 0 Å². The van der Waals surface area contributed by atoms with E-state index in [1.807, 2.05) is 0 Å². The van der Waals surface area contributed by atoms with Gasteiger partial charge in [-0.15, -0.1) is 0 Å². The van der Waals surface area contributed by atoms with Crippen LogP contribution in [-0.2, 0) is 0 Å². The molecule has 0 spiro atoms. The van der Waals surface area contributed by atoms with Crippen LogP contribution in [0.1, 0.15) is 23.2 Å². The molecule has 0 saturated carbocycles. The maximum atomic E-state index is 12.1. The molecule has 1 aromatic carbocycles. The van der Waals surface area contributed by atoms with Gasteiger partial charge in [-0.1, -0.05) is 18.2 Å². The summed E-state index contributed by atoms with van der Waals surface area (Å²) in [7, 11) is 1.51. The summed E-state index contributed by atoms with van der Waals surface area (Å²) in [6.45, 7) is 0. The summed E-state index contributed by atoms with van der Waals surface area (Å²) in [5, 5.41) is 2.96. The summed E-state index contributed by atoms with van der Waals surface area (Å²) in [6.07, 6.45) is 5.91. The first-order valence-corrected chi connectivity index (χ1v) is 5.60. The van der Waals surface area contributed by atoms with Crippen molar-refractivity contribution in [1.29, 1.82) is 0 Å². The number of nitrogen functional groups attached to an aromatic ring is 1. The van der Waals surface area contributed by atoms with E-state index in [0.29, 0.717) is 17.0 Å². The third-order valence-electron chi connectivity index (χ3n) is 2.84. The standard InChI is InChI=1S/C13H16N2O2/c1-17-12-10(7-4-8-11(12)14)13(16)15-9-5-2-3-6-9/h2-4,7-9H,5-6,14H2,1H3,(H,15,16). The van der Waals surface area contributed by atoms with E-state index in [4.69, 9.17) is 10.5 Å². The van der Waals surface area contributed by atoms with Gasteiger partial charge in [-0.25, -0.2) is 0 Å². The number of para-hydroxylation sites is 1. The summed E-state index contributed by atoms with van der Waals surface area (Å²) in [5.74, 6) is 0.304. The average molecular weight is 232 g/mol. The number of nitrogens with one attached hydrogen (secondary N) is 1. The van der Waals surface area contributed by atoms with Gasteiger partial charge in [0.05, 0.1) is 18.4 Å². The highest BCUT2D eigenvalue weighted by Gasteiger charge is 2.18. The Balaban J connectivity index is 2.15. The van der Waals surface area contributed by atoms with Crippen molar-refractivity contribution in [3.8, 4) is 5.75 Å². The van der Waals surface area contributed by atoms with Gasteiger partial charge < -0.3 is 15.8 Å². The molecule has 17 heavy (non-hydrogen) atoms. The third kappa shape index (κ3) is 2.41. The van der Waals surface area contributed by atoms with Crippen molar-refractivity contribution < 1.29 is 9.53 Å². The number of anilines is 1. The van der Waals surface area contributed by atoms with Crippen molar-refractivity contribution in [1.82, 2.24) is 5.32 Å². The second kappa shape index (κ2) is 4.91. The zero-order valence-corrected chi connectivity index (χ0v) is 9.77. The molecule has 90 valence electrons. The van der Waals surface area contributed by atoms with Gasteiger partial charge in [0.1, 0.15) is 0 Å². The van der Waals surface area contributed by atoms with E-state index < -0.39 is 0 Å². The van der Waals surface area contributed by atoms with Gasteiger partial charge in [0.25, 0.3) is 5.91 Å². The minimum absolute atomic E-state index is 0.136. The van der Waals surface area contributed by atoms with Gasteiger partial charge in [0.15, 0.2) is 5.75 Å². The second-order valence-electron chi connectivity index (χ2n) is 4.04. The van der Waals surface area contributed by atoms with Gasteiger partial charge in [0, 0.05) is 6.04 Å². The van der Waals surface area contributed by atoms with Crippen molar-refractivity contribution in [2.75, 3.05) is 12.8 Å². The zero-order chi connectivity index (χ0) is 12.3. The fourth-order valence-electron chi connectivity index (χ4n) is 1.96. The molecule has 0 aliphatic heterocycles. The molecule has 0 aromatic heterocycles. The lowest BCUT2D eigenvalue weighted by Gasteiger charge is -2.14. The second-order valence-corrected chi connectivity index (χ2v) is 4.04. The predicted molar refractivity (Wildman–Crippen MR) is 67.0 cm³/mol. The Hall–Kier alpha value is -1.97. The van der Waals surface area contributed by atoms with Gasteiger partial charge in [-0.2, -0.15) is 0 Å². The fourth-order valence-corrected chi connectivity index (χ4v) is 1.96. The molecule has 1 aliphatic carbocycles. The molecule has 3 N–H and O–H groups in total. The highest BCUT2D eigenvalue weighted by molar-refractivity contribution is 5.98. The minimum atomic E-state index is -0.136. The van der Waals surface area contributed by atoms with Crippen LogP contribution in [0.3, 0.4) is 0 Å². The van der Waals surface area contributed by atoms with Crippen molar-refractivity contribution >= 4 is 11.6 Å². The van der Waals surface area contributed by atoms with Gasteiger partial charge in [-0.3, -0.25) is 4.79 Å². The van der Waals surface area contributed by atoms with Crippen LogP contribution < -0.4 is 15.8 Å². The normalized spacial score (nSPS) is 14.9. The topological polar surface area (TPSA) is 64.3 Å². The lowest BCUT2D eigenvalue weighted by molar-refractivity contribution is 0.0936. The molecule has 0 unspecified atom stereocenters. The highest BCUT2D eigenvalue weighted by atomic mass is 16.5. The van der Waals surface area contributed by atoms with E-state index in [1.165, 1.54) is 7.11 Å². The van der Waals surface area contributed by atoms with Crippen LogP contribution >= 0.6 is 0 Å². The molecule has 1 aliphatic rings. The van der Waals surface area contributed by atoms with Crippen molar-refractivity contribution in [3.63, 3.8) is 0 Å². The van der Waals surface area contributed by atoms with Crippen molar-refractivity contribution in [2.24, 2.45) is 0 Å². The molecular weight excluding hydrogens is 216 g/mol. The van der Waals surface area contributed by atoms with Crippen molar-refractivity contribution in [3.05, 3.63) is 35.9 Å². The monoisotopic (exact) mass is 232 g/mol. The molecule has 0 atom stereocenters. The Morgan fingerprint density at radius 1 is 1.41 bits per heavy atom. The van der Waals surface area contributed by atoms with E-state index in [9.17, 15) is 4.79 Å². The predicted octanol–water partition coefficient (Wildman–Crippen LogP) is 1.73. The molecule has 0 radical (unpaired) electrons. The van der Waals surface area contributed by atoms with Gasteiger partial charge in [0.2, 0.25) is 0 Å². The summed E-state index contributed by atoms with van der Waals surface area (Å²) in [4.78, 5) is 12.1. The fraction of sp³-hybridized carbons (Fsp3) is 0.308. The number of hydrogen-bond acceptors (Lipinski definition) is 3. The number of amides is 1. The summed E-state index contributed by atoms with van der Waals surface area (Å²) in [6, 6.07) is 5.37. The number of nitrogens with two attached hydrogens (primary N) is 1. The SMILES string of the molecule is COc1c(N)cccc1C(=O)NC1CC=CC1. The van der Waals surface area contributed by atoms with E-state index >= 15 is 0 Å². The lowest BCUT2D eigenvalue weighted by atomic mass is 10.1. The van der Waals surface area contributed by atoms with E-state index in [2.05, 4.69) is 17.5 Å². The lowest BCUT2D eigenvalue weighted by Crippen LogP contribution is -2.33. The summed E-state index contributed by atoms with van der Waals surface area (Å²) < 4.78 is 5.16. The van der Waals surface area contributed by atoms with Crippen LogP contribution in [0.15, 0.2) is 30.4 Å². The quantitative estimate of drug-likeness (QED) is 0.616. The van der Waals surface area contributed by atoms with Gasteiger partial charge in [-0.05, 0) is 25.0 Å². The molecule has 0 heterocycles. The molecule has 1 amide bonds. The first kappa shape index (κ1) is 11.5. The number of benzene rings is 1. The molecule has 4 heteroatoms. The third-order valence-corrected chi connectivity index (χ3v) is 2.84. The van der Waals surface area contributed by atoms with Crippen LogP contribution in [0.5, 0.6) is 5.75 Å². The Kier molecular flexibility index (Phi) is 3.32. The summed E-state index contributed by atoms with van der Waals surface area (Å²) in [5.41, 5.74) is 6.72. The molecule has 2 rings (SSSR count). The minimum Gasteiger partial charge on any atom is -0.494 e. The molecule has 0 saturated heterocycles. The Bertz CT molecular complexity index is 447. The maximum Gasteiger partial charge on any atom is 0.255 e. The highest BCUT2D eigenvalue weighted by Crippen LogP contribution is 2.26. The molecular formula is C13H16N2O2. The number of carbonyl (C=O) groups is 1. The maximum absolute atomic E-state index is 12.1. The largest absolute Gasteiger partial charge is 0.494 e. The first-order valence-electron chi connectivity index (χ1n) is 5.60. The van der Waals surface area contributed by atoms with E-state index in [0.717, 1.165) is 12.8 Å². The number of methoxy groups -OCH3 is 1. The first-order chi connectivity index (χ1) is 8.22. The van der Waals surface area contributed by atoms with Gasteiger partial charge >= 0.3 is 0 Å². The smallest absolute Gasteiger partial charge is 0.255 e. The number of ether oxygens (including phenoxy) is 1. The average Bonchev–Trinajstić information content (AvgIpc) is 2.81. The van der Waals surface area contributed by atoms with Crippen LogP contribution in [0.4, 0.5) is 5.69 Å². The Labute approximate surface area is 100 Å². The summed E-state index contributed by atoms with van der Waals surface area (Å²) >= 11 is 0. The van der Waals surface area contributed by atoms with Crippen LogP contribution in [0, 0.1) is 0 Å². The Morgan fingerprint density at radius 3 is 2.76 bits per heavy atom. The zero-order valence-electron chi connectivity index (χ0n) is 9.77. The molecule has 0 fully saturated rings. The molecule has 0 bridgehead atoms. The number of hydrogen-bond donors (Lipinski definition) is 2. The van der Waals surface area contributed by atoms with E-state index in [1.54, 1.807) is 18.2 Å². The van der Waals surface area contributed by atoms with Crippen LogP contribution in [0.2, 0.25) is 0 Å². The number of carbonyl (C=O) groups excluding carboxylic acids is 1. The van der Waals surface area contributed by atoms with Crippen molar-refractivity contribution in [2.45, 2.75) is 18.9 Å².